The monoisotopic (exact) mass is 336 g/mol. The third kappa shape index (κ3) is 2.35. The van der Waals surface area contributed by atoms with Crippen LogP contribution in [0.2, 0.25) is 0 Å². The zero-order chi connectivity index (χ0) is 14.2. The maximum Gasteiger partial charge on any atom is 0.253 e. The maximum absolute atomic E-state index is 12.8. The van der Waals surface area contributed by atoms with Crippen LogP contribution in [-0.2, 0) is 9.59 Å². The molecule has 1 N–H and O–H groups in total. The molecule has 4 nitrogen and oxygen atoms in total. The van der Waals surface area contributed by atoms with Crippen molar-refractivity contribution < 1.29 is 9.59 Å². The average molecular weight is 337 g/mol. The van der Waals surface area contributed by atoms with Crippen LogP contribution >= 0.6 is 15.9 Å². The van der Waals surface area contributed by atoms with E-state index in [-0.39, 0.29) is 18.4 Å². The Morgan fingerprint density at radius 3 is 2.35 bits per heavy atom. The molecule has 0 atom stereocenters. The predicted molar refractivity (Wildman–Crippen MR) is 80.5 cm³/mol. The topological polar surface area (TPSA) is 49.4 Å². The molecule has 20 heavy (non-hydrogen) atoms. The molecule has 1 saturated heterocycles. The lowest BCUT2D eigenvalue weighted by Crippen LogP contribution is -2.67. The summed E-state index contributed by atoms with van der Waals surface area (Å²) in [5.74, 6) is -0.0199. The third-order valence-corrected chi connectivity index (χ3v) is 4.71. The van der Waals surface area contributed by atoms with E-state index in [0.29, 0.717) is 0 Å². The third-order valence-electron chi connectivity index (χ3n) is 4.18. The first-order chi connectivity index (χ1) is 9.61. The van der Waals surface area contributed by atoms with Gasteiger partial charge in [0.15, 0.2) is 0 Å². The molecule has 1 heterocycles. The number of piperazine rings is 1. The van der Waals surface area contributed by atoms with E-state index in [9.17, 15) is 9.59 Å². The van der Waals surface area contributed by atoms with Gasteiger partial charge in [-0.15, -0.1) is 0 Å². The van der Waals surface area contributed by atoms with Gasteiger partial charge in [-0.05, 0) is 37.1 Å². The molecule has 1 aliphatic heterocycles. The number of amides is 2. The Balaban J connectivity index is 1.92. The Hall–Kier alpha value is -1.36. The molecule has 3 rings (SSSR count). The van der Waals surface area contributed by atoms with Gasteiger partial charge in [-0.2, -0.15) is 0 Å². The van der Waals surface area contributed by atoms with Gasteiger partial charge < -0.3 is 10.2 Å². The van der Waals surface area contributed by atoms with E-state index >= 15 is 0 Å². The number of halogens is 1. The van der Waals surface area contributed by atoms with E-state index in [4.69, 9.17) is 0 Å². The molecule has 0 bridgehead atoms. The van der Waals surface area contributed by atoms with Crippen LogP contribution in [0.1, 0.15) is 32.1 Å². The zero-order valence-electron chi connectivity index (χ0n) is 11.2. The number of carbonyl (C=O) groups excluding carboxylic acids is 2. The van der Waals surface area contributed by atoms with Gasteiger partial charge in [0.2, 0.25) is 5.91 Å². The summed E-state index contributed by atoms with van der Waals surface area (Å²) >= 11 is 3.38. The molecule has 1 aromatic rings. The minimum Gasteiger partial charge on any atom is -0.340 e. The van der Waals surface area contributed by atoms with Crippen molar-refractivity contribution in [2.45, 2.75) is 37.6 Å². The molecule has 0 aromatic heterocycles. The SMILES string of the molecule is O=C1CN(c2ccc(Br)cc2)C(=O)C2(CCCCC2)N1. The summed E-state index contributed by atoms with van der Waals surface area (Å²) in [5, 5.41) is 2.95. The molecule has 1 aromatic carbocycles. The summed E-state index contributed by atoms with van der Waals surface area (Å²) in [7, 11) is 0. The van der Waals surface area contributed by atoms with E-state index in [2.05, 4.69) is 21.2 Å². The summed E-state index contributed by atoms with van der Waals surface area (Å²) in [6.07, 6.45) is 4.65. The summed E-state index contributed by atoms with van der Waals surface area (Å²) in [4.78, 5) is 26.5. The molecule has 1 aliphatic carbocycles. The molecule has 1 spiro atoms. The maximum atomic E-state index is 12.8. The van der Waals surface area contributed by atoms with Crippen LogP contribution in [0.4, 0.5) is 5.69 Å². The molecule has 0 unspecified atom stereocenters. The number of hydrogen-bond donors (Lipinski definition) is 1. The summed E-state index contributed by atoms with van der Waals surface area (Å²) in [6, 6.07) is 7.53. The van der Waals surface area contributed by atoms with Gasteiger partial charge in [-0.25, -0.2) is 0 Å². The second-order valence-electron chi connectivity index (χ2n) is 5.56. The van der Waals surface area contributed by atoms with Crippen molar-refractivity contribution in [2.24, 2.45) is 0 Å². The van der Waals surface area contributed by atoms with Crippen LogP contribution in [-0.4, -0.2) is 23.9 Å². The average Bonchev–Trinajstić information content (AvgIpc) is 2.45. The second-order valence-corrected chi connectivity index (χ2v) is 6.47. The van der Waals surface area contributed by atoms with Crippen molar-refractivity contribution in [1.29, 1.82) is 0 Å². The van der Waals surface area contributed by atoms with Crippen molar-refractivity contribution in [2.75, 3.05) is 11.4 Å². The molecule has 2 amide bonds. The van der Waals surface area contributed by atoms with Crippen molar-refractivity contribution in [3.8, 4) is 0 Å². The van der Waals surface area contributed by atoms with Crippen molar-refractivity contribution in [3.05, 3.63) is 28.7 Å². The van der Waals surface area contributed by atoms with E-state index in [1.165, 1.54) is 0 Å². The molecule has 0 radical (unpaired) electrons. The van der Waals surface area contributed by atoms with E-state index in [1.54, 1.807) is 4.90 Å². The minimum absolute atomic E-state index is 0.0409. The standard InChI is InChI=1S/C15H17BrN2O2/c16-11-4-6-12(7-5-11)18-10-13(19)17-15(14(18)20)8-2-1-3-9-15/h4-7H,1-3,8-10H2,(H,17,19). The fraction of sp³-hybridized carbons (Fsp3) is 0.467. The highest BCUT2D eigenvalue weighted by molar-refractivity contribution is 9.10. The number of hydrogen-bond acceptors (Lipinski definition) is 2. The van der Waals surface area contributed by atoms with Crippen LogP contribution in [0, 0.1) is 0 Å². The van der Waals surface area contributed by atoms with Crippen LogP contribution in [0.5, 0.6) is 0 Å². The lowest BCUT2D eigenvalue weighted by atomic mass is 9.79. The Kier molecular flexibility index (Phi) is 3.54. The Labute approximate surface area is 126 Å². The lowest BCUT2D eigenvalue weighted by molar-refractivity contribution is -0.137. The largest absolute Gasteiger partial charge is 0.340 e. The van der Waals surface area contributed by atoms with Crippen LogP contribution in [0.25, 0.3) is 0 Å². The molecule has 2 fully saturated rings. The van der Waals surface area contributed by atoms with Crippen molar-refractivity contribution >= 4 is 33.4 Å². The number of nitrogens with zero attached hydrogens (tertiary/aromatic N) is 1. The Bertz CT molecular complexity index is 535. The molecule has 1 saturated carbocycles. The van der Waals surface area contributed by atoms with Gasteiger partial charge in [-0.1, -0.05) is 35.2 Å². The molecule has 5 heteroatoms. The first-order valence-corrected chi connectivity index (χ1v) is 7.79. The van der Waals surface area contributed by atoms with Gasteiger partial charge in [0.05, 0.1) is 0 Å². The van der Waals surface area contributed by atoms with Crippen molar-refractivity contribution in [1.82, 2.24) is 5.32 Å². The van der Waals surface area contributed by atoms with Crippen LogP contribution in [0.15, 0.2) is 28.7 Å². The Morgan fingerprint density at radius 1 is 1.05 bits per heavy atom. The van der Waals surface area contributed by atoms with E-state index < -0.39 is 5.54 Å². The van der Waals surface area contributed by atoms with Crippen LogP contribution < -0.4 is 10.2 Å². The number of nitrogens with one attached hydrogen (secondary N) is 1. The van der Waals surface area contributed by atoms with Gasteiger partial charge in [0, 0.05) is 10.2 Å². The van der Waals surface area contributed by atoms with Gasteiger partial charge in [0.1, 0.15) is 12.1 Å². The highest BCUT2D eigenvalue weighted by Crippen LogP contribution is 2.33. The van der Waals surface area contributed by atoms with Crippen molar-refractivity contribution in [3.63, 3.8) is 0 Å². The quantitative estimate of drug-likeness (QED) is 0.856. The second kappa shape index (κ2) is 5.20. The number of anilines is 1. The van der Waals surface area contributed by atoms with E-state index in [1.807, 2.05) is 24.3 Å². The Morgan fingerprint density at radius 2 is 1.70 bits per heavy atom. The zero-order valence-corrected chi connectivity index (χ0v) is 12.8. The summed E-state index contributed by atoms with van der Waals surface area (Å²) < 4.78 is 0.961. The van der Waals surface area contributed by atoms with E-state index in [0.717, 1.165) is 42.3 Å². The van der Waals surface area contributed by atoms with Crippen LogP contribution in [0.3, 0.4) is 0 Å². The smallest absolute Gasteiger partial charge is 0.253 e. The lowest BCUT2D eigenvalue weighted by Gasteiger charge is -2.44. The van der Waals surface area contributed by atoms with Gasteiger partial charge in [0.25, 0.3) is 5.91 Å². The number of carbonyl (C=O) groups is 2. The molecule has 106 valence electrons. The first-order valence-electron chi connectivity index (χ1n) is 6.99. The number of rotatable bonds is 1. The first kappa shape index (κ1) is 13.6. The number of benzene rings is 1. The minimum atomic E-state index is -0.666. The fourth-order valence-electron chi connectivity index (χ4n) is 3.16. The van der Waals surface area contributed by atoms with Gasteiger partial charge in [-0.3, -0.25) is 9.59 Å². The fourth-order valence-corrected chi connectivity index (χ4v) is 3.42. The van der Waals surface area contributed by atoms with Gasteiger partial charge >= 0.3 is 0 Å². The predicted octanol–water partition coefficient (Wildman–Crippen LogP) is 2.61. The molecular formula is C15H17BrN2O2. The highest BCUT2D eigenvalue weighted by atomic mass is 79.9. The normalized spacial score (nSPS) is 21.9. The summed E-state index contributed by atoms with van der Waals surface area (Å²) in [5.41, 5.74) is 0.124. The molecule has 2 aliphatic rings. The highest BCUT2D eigenvalue weighted by Gasteiger charge is 2.47. The molecular weight excluding hydrogens is 320 g/mol. The summed E-state index contributed by atoms with van der Waals surface area (Å²) in [6.45, 7) is 0.113.